The van der Waals surface area contributed by atoms with Crippen LogP contribution >= 0.6 is 0 Å². The molecule has 3 N–H and O–H groups in total. The Bertz CT molecular complexity index is 684. The smallest absolute Gasteiger partial charge is 0.329 e. The Kier molecular flexibility index (Phi) is 5.92. The third-order valence-corrected chi connectivity index (χ3v) is 3.67. The lowest BCUT2D eigenvalue weighted by Crippen LogP contribution is -2.44. The highest BCUT2D eigenvalue weighted by Gasteiger charge is 2.28. The Morgan fingerprint density at radius 1 is 0.958 bits per heavy atom. The minimum atomic E-state index is -1.38. The molecule has 6 heteroatoms. The highest BCUT2D eigenvalue weighted by atomic mass is 16.5. The molecule has 0 radical (unpaired) electrons. The van der Waals surface area contributed by atoms with E-state index in [2.05, 4.69) is 0 Å². The van der Waals surface area contributed by atoms with Crippen molar-refractivity contribution in [1.82, 2.24) is 5.06 Å². The van der Waals surface area contributed by atoms with Gasteiger partial charge in [0.2, 0.25) is 5.91 Å². The molecule has 2 rings (SSSR count). The van der Waals surface area contributed by atoms with Gasteiger partial charge in [-0.05, 0) is 29.7 Å². The largest absolute Gasteiger partial charge is 0.508 e. The van der Waals surface area contributed by atoms with Crippen molar-refractivity contribution >= 4 is 11.9 Å². The van der Waals surface area contributed by atoms with Crippen LogP contribution in [0.5, 0.6) is 5.75 Å². The van der Waals surface area contributed by atoms with Crippen LogP contribution in [0.25, 0.3) is 0 Å². The van der Waals surface area contributed by atoms with Gasteiger partial charge in [0.15, 0.2) is 6.04 Å². The van der Waals surface area contributed by atoms with Crippen molar-refractivity contribution in [3.05, 3.63) is 65.7 Å². The molecule has 2 aromatic carbocycles. The Morgan fingerprint density at radius 3 is 2.17 bits per heavy atom. The van der Waals surface area contributed by atoms with Crippen molar-refractivity contribution in [1.29, 1.82) is 0 Å². The van der Waals surface area contributed by atoms with E-state index in [-0.39, 0.29) is 23.7 Å². The SMILES string of the molecule is O=C(O)[C@H](Cc1ccc(O)cc1)N(O)C(=O)CCc1ccccc1. The van der Waals surface area contributed by atoms with Gasteiger partial charge >= 0.3 is 5.97 Å². The number of benzene rings is 2. The summed E-state index contributed by atoms with van der Waals surface area (Å²) in [4.78, 5) is 23.5. The minimum absolute atomic E-state index is 0.0138. The number of carbonyl (C=O) groups excluding carboxylic acids is 1. The van der Waals surface area contributed by atoms with Crippen LogP contribution in [0, 0.1) is 0 Å². The number of aryl methyl sites for hydroxylation is 1. The number of aromatic hydroxyl groups is 1. The zero-order chi connectivity index (χ0) is 17.5. The number of hydroxylamine groups is 2. The third-order valence-electron chi connectivity index (χ3n) is 3.67. The van der Waals surface area contributed by atoms with Gasteiger partial charge in [0.05, 0.1) is 0 Å². The van der Waals surface area contributed by atoms with E-state index in [1.807, 2.05) is 30.3 Å². The lowest BCUT2D eigenvalue weighted by molar-refractivity contribution is -0.185. The predicted octanol–water partition coefficient (Wildman–Crippen LogP) is 2.24. The van der Waals surface area contributed by atoms with Crippen LogP contribution < -0.4 is 0 Å². The fraction of sp³-hybridized carbons (Fsp3) is 0.222. The summed E-state index contributed by atoms with van der Waals surface area (Å²) >= 11 is 0. The van der Waals surface area contributed by atoms with Crippen LogP contribution in [0.1, 0.15) is 17.5 Å². The summed E-state index contributed by atoms with van der Waals surface area (Å²) in [5, 5.41) is 28.8. The lowest BCUT2D eigenvalue weighted by atomic mass is 10.0. The molecule has 0 spiro atoms. The van der Waals surface area contributed by atoms with Crippen LogP contribution in [0.15, 0.2) is 54.6 Å². The van der Waals surface area contributed by atoms with E-state index in [1.165, 1.54) is 12.1 Å². The minimum Gasteiger partial charge on any atom is -0.508 e. The number of phenols is 1. The standard InChI is InChI=1S/C18H19NO5/c20-15-9-6-14(7-10-15)12-16(18(22)23)19(24)17(21)11-8-13-4-2-1-3-5-13/h1-7,9-10,16,20,24H,8,11-12H2,(H,22,23)/t16-/m0/s1. The van der Waals surface area contributed by atoms with Crippen LogP contribution in [-0.4, -0.2) is 38.4 Å². The second-order valence-corrected chi connectivity index (χ2v) is 5.45. The molecule has 0 saturated carbocycles. The van der Waals surface area contributed by atoms with Gasteiger partial charge in [-0.15, -0.1) is 0 Å². The molecule has 2 aromatic rings. The van der Waals surface area contributed by atoms with Gasteiger partial charge in [0.25, 0.3) is 0 Å². The molecule has 24 heavy (non-hydrogen) atoms. The van der Waals surface area contributed by atoms with Crippen molar-refractivity contribution in [2.75, 3.05) is 0 Å². The van der Waals surface area contributed by atoms with Gasteiger partial charge < -0.3 is 10.2 Å². The zero-order valence-corrected chi connectivity index (χ0v) is 13.0. The molecule has 0 aliphatic carbocycles. The molecule has 0 bridgehead atoms. The van der Waals surface area contributed by atoms with E-state index in [4.69, 9.17) is 0 Å². The van der Waals surface area contributed by atoms with E-state index in [0.717, 1.165) is 5.56 Å². The molecule has 0 aromatic heterocycles. The average molecular weight is 329 g/mol. The molecule has 0 saturated heterocycles. The summed E-state index contributed by atoms with van der Waals surface area (Å²) in [6.45, 7) is 0. The number of carbonyl (C=O) groups is 2. The summed E-state index contributed by atoms with van der Waals surface area (Å²) in [6.07, 6.45) is 0.380. The van der Waals surface area contributed by atoms with E-state index >= 15 is 0 Å². The maximum atomic E-state index is 12.1. The van der Waals surface area contributed by atoms with Crippen molar-refractivity contribution in [2.45, 2.75) is 25.3 Å². The number of hydrogen-bond donors (Lipinski definition) is 3. The van der Waals surface area contributed by atoms with Crippen molar-refractivity contribution in [2.24, 2.45) is 0 Å². The van der Waals surface area contributed by atoms with Gasteiger partial charge in [0.1, 0.15) is 5.75 Å². The number of amides is 1. The molecule has 1 atom stereocenters. The van der Waals surface area contributed by atoms with Crippen LogP contribution in [-0.2, 0) is 22.4 Å². The second kappa shape index (κ2) is 8.12. The van der Waals surface area contributed by atoms with Crippen LogP contribution in [0.3, 0.4) is 0 Å². The topological polar surface area (TPSA) is 98.1 Å². The molecule has 126 valence electrons. The quantitative estimate of drug-likeness (QED) is 0.534. The first-order chi connectivity index (χ1) is 11.5. The second-order valence-electron chi connectivity index (χ2n) is 5.45. The number of phenolic OH excluding ortho intramolecular Hbond substituents is 1. The van der Waals surface area contributed by atoms with E-state index < -0.39 is 17.9 Å². The Hall–Kier alpha value is -2.86. The summed E-state index contributed by atoms with van der Waals surface area (Å²) < 4.78 is 0. The molecule has 0 aliphatic heterocycles. The third kappa shape index (κ3) is 4.82. The number of carboxylic acids is 1. The van der Waals surface area contributed by atoms with Crippen molar-refractivity contribution < 1.29 is 25.0 Å². The molecule has 1 amide bonds. The number of rotatable bonds is 7. The van der Waals surface area contributed by atoms with Gasteiger partial charge in [-0.2, -0.15) is 0 Å². The Morgan fingerprint density at radius 2 is 1.58 bits per heavy atom. The fourth-order valence-corrected chi connectivity index (χ4v) is 2.32. The maximum absolute atomic E-state index is 12.1. The molecule has 6 nitrogen and oxygen atoms in total. The van der Waals surface area contributed by atoms with Crippen molar-refractivity contribution in [3.63, 3.8) is 0 Å². The Labute approximate surface area is 139 Å². The van der Waals surface area contributed by atoms with E-state index in [1.54, 1.807) is 12.1 Å². The number of aliphatic carboxylic acids is 1. The molecular weight excluding hydrogens is 310 g/mol. The summed E-state index contributed by atoms with van der Waals surface area (Å²) in [5.41, 5.74) is 1.53. The first-order valence-corrected chi connectivity index (χ1v) is 7.53. The molecule has 0 aliphatic rings. The Balaban J connectivity index is 1.99. The van der Waals surface area contributed by atoms with Gasteiger partial charge in [0, 0.05) is 12.8 Å². The monoisotopic (exact) mass is 329 g/mol. The van der Waals surface area contributed by atoms with Crippen LogP contribution in [0.2, 0.25) is 0 Å². The summed E-state index contributed by atoms with van der Waals surface area (Å²) in [6, 6.07) is 13.9. The lowest BCUT2D eigenvalue weighted by Gasteiger charge is -2.22. The van der Waals surface area contributed by atoms with Gasteiger partial charge in [-0.25, -0.2) is 9.86 Å². The first-order valence-electron chi connectivity index (χ1n) is 7.53. The summed E-state index contributed by atoms with van der Waals surface area (Å²) in [7, 11) is 0. The molecular formula is C18H19NO5. The van der Waals surface area contributed by atoms with Gasteiger partial charge in [-0.3, -0.25) is 10.0 Å². The highest BCUT2D eigenvalue weighted by Crippen LogP contribution is 2.14. The first kappa shape index (κ1) is 17.5. The zero-order valence-electron chi connectivity index (χ0n) is 13.0. The summed E-state index contributed by atoms with van der Waals surface area (Å²) in [5.74, 6) is -1.88. The number of hydrogen-bond acceptors (Lipinski definition) is 4. The number of carboxylic acid groups (broad SMARTS) is 1. The highest BCUT2D eigenvalue weighted by molar-refractivity contribution is 5.83. The van der Waals surface area contributed by atoms with Crippen molar-refractivity contribution in [3.8, 4) is 5.75 Å². The van der Waals surface area contributed by atoms with E-state index in [0.29, 0.717) is 12.0 Å². The average Bonchev–Trinajstić information content (AvgIpc) is 2.59. The molecule has 0 heterocycles. The van der Waals surface area contributed by atoms with Crippen LogP contribution in [0.4, 0.5) is 0 Å². The number of nitrogens with zero attached hydrogens (tertiary/aromatic N) is 1. The predicted molar refractivity (Wildman–Crippen MR) is 86.6 cm³/mol. The maximum Gasteiger partial charge on any atom is 0.329 e. The molecule has 0 unspecified atom stereocenters. The normalized spacial score (nSPS) is 11.7. The van der Waals surface area contributed by atoms with Gasteiger partial charge in [-0.1, -0.05) is 42.5 Å². The fourth-order valence-electron chi connectivity index (χ4n) is 2.32. The van der Waals surface area contributed by atoms with E-state index in [9.17, 15) is 25.0 Å². The molecule has 0 fully saturated rings.